The molecule has 0 unspecified atom stereocenters. The molecule has 0 atom stereocenters. The monoisotopic (exact) mass is 392 g/mol. The lowest BCUT2D eigenvalue weighted by molar-refractivity contribution is -0.117. The second-order valence-corrected chi connectivity index (χ2v) is 7.81. The van der Waals surface area contributed by atoms with Crippen LogP contribution in [0.5, 0.6) is 0 Å². The van der Waals surface area contributed by atoms with E-state index in [2.05, 4.69) is 29.8 Å². The van der Waals surface area contributed by atoms with Gasteiger partial charge in [0, 0.05) is 56.6 Å². The molecular formula is C23H28N4O2. The van der Waals surface area contributed by atoms with E-state index in [0.717, 1.165) is 44.0 Å². The molecule has 2 fully saturated rings. The molecule has 6 nitrogen and oxygen atoms in total. The zero-order chi connectivity index (χ0) is 20.4. The maximum Gasteiger partial charge on any atom is 0.253 e. The fourth-order valence-corrected chi connectivity index (χ4v) is 4.16. The van der Waals surface area contributed by atoms with Crippen LogP contribution in [0.4, 0.5) is 11.5 Å². The molecular weight excluding hydrogens is 364 g/mol. The van der Waals surface area contributed by atoms with Crippen molar-refractivity contribution >= 4 is 23.3 Å². The Labute approximate surface area is 172 Å². The standard InChI is InChI=1S/C23H28N4O2/c1-3-18-15-17(2)22(24-16-18)25-11-13-26(14-12-25)23(29)19-6-8-20(9-7-19)27-10-4-5-21(27)28/h6-9,15-16H,3-5,10-14H2,1-2H3. The first-order valence-electron chi connectivity index (χ1n) is 10.5. The molecule has 2 saturated heterocycles. The Morgan fingerprint density at radius 2 is 1.79 bits per heavy atom. The first-order chi connectivity index (χ1) is 14.1. The van der Waals surface area contributed by atoms with Crippen LogP contribution in [0.3, 0.4) is 0 Å². The number of pyridine rings is 1. The average molecular weight is 393 g/mol. The third-order valence-electron chi connectivity index (χ3n) is 5.88. The highest BCUT2D eigenvalue weighted by Gasteiger charge is 2.25. The van der Waals surface area contributed by atoms with Gasteiger partial charge in [-0.25, -0.2) is 4.98 Å². The number of benzene rings is 1. The van der Waals surface area contributed by atoms with Gasteiger partial charge in [-0.05, 0) is 55.2 Å². The molecule has 1 aromatic heterocycles. The van der Waals surface area contributed by atoms with Crippen LogP contribution in [-0.4, -0.2) is 54.4 Å². The van der Waals surface area contributed by atoms with Crippen LogP contribution in [-0.2, 0) is 11.2 Å². The summed E-state index contributed by atoms with van der Waals surface area (Å²) in [5.41, 5.74) is 4.00. The van der Waals surface area contributed by atoms with Gasteiger partial charge in [0.05, 0.1) is 0 Å². The number of aryl methyl sites for hydroxylation is 2. The van der Waals surface area contributed by atoms with Crippen LogP contribution in [0.1, 0.15) is 41.3 Å². The molecule has 2 aliphatic heterocycles. The molecule has 29 heavy (non-hydrogen) atoms. The number of nitrogens with zero attached hydrogens (tertiary/aromatic N) is 4. The van der Waals surface area contributed by atoms with Gasteiger partial charge in [0.1, 0.15) is 5.82 Å². The first kappa shape index (κ1) is 19.4. The largest absolute Gasteiger partial charge is 0.353 e. The van der Waals surface area contributed by atoms with Crippen molar-refractivity contribution in [3.05, 3.63) is 53.2 Å². The van der Waals surface area contributed by atoms with Crippen molar-refractivity contribution in [2.45, 2.75) is 33.1 Å². The van der Waals surface area contributed by atoms with E-state index in [1.54, 1.807) is 4.90 Å². The van der Waals surface area contributed by atoms with Gasteiger partial charge in [-0.15, -0.1) is 0 Å². The number of rotatable bonds is 4. The molecule has 3 heterocycles. The summed E-state index contributed by atoms with van der Waals surface area (Å²) in [6, 6.07) is 9.65. The van der Waals surface area contributed by atoms with Crippen molar-refractivity contribution in [2.75, 3.05) is 42.5 Å². The van der Waals surface area contributed by atoms with Crippen molar-refractivity contribution in [1.29, 1.82) is 0 Å². The third-order valence-corrected chi connectivity index (χ3v) is 5.88. The molecule has 0 N–H and O–H groups in total. The van der Waals surface area contributed by atoms with E-state index in [0.29, 0.717) is 25.1 Å². The molecule has 2 aliphatic rings. The van der Waals surface area contributed by atoms with Crippen LogP contribution in [0.25, 0.3) is 0 Å². The Hall–Kier alpha value is -2.89. The van der Waals surface area contributed by atoms with Crippen molar-refractivity contribution in [3.8, 4) is 0 Å². The van der Waals surface area contributed by atoms with Gasteiger partial charge in [-0.2, -0.15) is 0 Å². The van der Waals surface area contributed by atoms with E-state index >= 15 is 0 Å². The van der Waals surface area contributed by atoms with E-state index < -0.39 is 0 Å². The van der Waals surface area contributed by atoms with Crippen molar-refractivity contribution in [1.82, 2.24) is 9.88 Å². The lowest BCUT2D eigenvalue weighted by Crippen LogP contribution is -2.49. The maximum absolute atomic E-state index is 12.9. The van der Waals surface area contributed by atoms with Gasteiger partial charge in [-0.1, -0.05) is 13.0 Å². The molecule has 2 amide bonds. The number of hydrogen-bond acceptors (Lipinski definition) is 4. The Balaban J connectivity index is 1.38. The molecule has 6 heteroatoms. The summed E-state index contributed by atoms with van der Waals surface area (Å²) in [6.07, 6.45) is 4.45. The normalized spacial score (nSPS) is 17.2. The second kappa shape index (κ2) is 8.23. The maximum atomic E-state index is 12.9. The van der Waals surface area contributed by atoms with Crippen LogP contribution < -0.4 is 9.80 Å². The lowest BCUT2D eigenvalue weighted by atomic mass is 10.1. The van der Waals surface area contributed by atoms with E-state index in [1.807, 2.05) is 35.4 Å². The fourth-order valence-electron chi connectivity index (χ4n) is 4.16. The van der Waals surface area contributed by atoms with Crippen LogP contribution in [0, 0.1) is 6.92 Å². The molecule has 4 rings (SSSR count). The van der Waals surface area contributed by atoms with Crippen molar-refractivity contribution in [3.63, 3.8) is 0 Å². The molecule has 0 spiro atoms. The smallest absolute Gasteiger partial charge is 0.253 e. The van der Waals surface area contributed by atoms with Crippen molar-refractivity contribution in [2.24, 2.45) is 0 Å². The van der Waals surface area contributed by atoms with Crippen molar-refractivity contribution < 1.29 is 9.59 Å². The second-order valence-electron chi connectivity index (χ2n) is 7.81. The number of amides is 2. The zero-order valence-electron chi connectivity index (χ0n) is 17.2. The Morgan fingerprint density at radius 1 is 1.07 bits per heavy atom. The summed E-state index contributed by atoms with van der Waals surface area (Å²) in [7, 11) is 0. The predicted molar refractivity (Wildman–Crippen MR) is 114 cm³/mol. The molecule has 0 bridgehead atoms. The number of hydrogen-bond donors (Lipinski definition) is 0. The lowest BCUT2D eigenvalue weighted by Gasteiger charge is -2.36. The minimum atomic E-state index is 0.0509. The molecule has 0 radical (unpaired) electrons. The summed E-state index contributed by atoms with van der Waals surface area (Å²) < 4.78 is 0. The van der Waals surface area contributed by atoms with Gasteiger partial charge in [0.25, 0.3) is 5.91 Å². The molecule has 2 aromatic rings. The molecule has 1 aromatic carbocycles. The van der Waals surface area contributed by atoms with Crippen LogP contribution in [0.15, 0.2) is 36.5 Å². The quantitative estimate of drug-likeness (QED) is 0.803. The third kappa shape index (κ3) is 3.97. The van der Waals surface area contributed by atoms with E-state index in [4.69, 9.17) is 0 Å². The molecule has 0 saturated carbocycles. The highest BCUT2D eigenvalue weighted by atomic mass is 16.2. The van der Waals surface area contributed by atoms with Gasteiger partial charge >= 0.3 is 0 Å². The van der Waals surface area contributed by atoms with Gasteiger partial charge in [0.15, 0.2) is 0 Å². The predicted octanol–water partition coefficient (Wildman–Crippen LogP) is 3.04. The average Bonchev–Trinajstić information content (AvgIpc) is 3.19. The summed E-state index contributed by atoms with van der Waals surface area (Å²) in [5.74, 6) is 1.24. The van der Waals surface area contributed by atoms with Gasteiger partial charge in [0.2, 0.25) is 5.91 Å². The number of carbonyl (C=O) groups excluding carboxylic acids is 2. The summed E-state index contributed by atoms with van der Waals surface area (Å²) in [5, 5.41) is 0. The van der Waals surface area contributed by atoms with E-state index in [1.165, 1.54) is 11.1 Å². The Kier molecular flexibility index (Phi) is 5.51. The van der Waals surface area contributed by atoms with E-state index in [9.17, 15) is 9.59 Å². The highest BCUT2D eigenvalue weighted by Crippen LogP contribution is 2.23. The van der Waals surface area contributed by atoms with Gasteiger partial charge < -0.3 is 14.7 Å². The number of piperazine rings is 1. The number of carbonyl (C=O) groups is 2. The topological polar surface area (TPSA) is 56.8 Å². The SMILES string of the molecule is CCc1cnc(N2CCN(C(=O)c3ccc(N4CCCC4=O)cc3)CC2)c(C)c1. The minimum Gasteiger partial charge on any atom is -0.353 e. The minimum absolute atomic E-state index is 0.0509. The van der Waals surface area contributed by atoms with Crippen LogP contribution in [0.2, 0.25) is 0 Å². The summed E-state index contributed by atoms with van der Waals surface area (Å²) in [4.78, 5) is 35.4. The molecule has 152 valence electrons. The highest BCUT2D eigenvalue weighted by molar-refractivity contribution is 5.97. The Bertz CT molecular complexity index is 902. The zero-order valence-corrected chi connectivity index (χ0v) is 17.2. The fraction of sp³-hybridized carbons (Fsp3) is 0.435. The van der Waals surface area contributed by atoms with Gasteiger partial charge in [-0.3, -0.25) is 9.59 Å². The Morgan fingerprint density at radius 3 is 2.38 bits per heavy atom. The number of anilines is 2. The van der Waals surface area contributed by atoms with E-state index in [-0.39, 0.29) is 11.8 Å². The first-order valence-corrected chi connectivity index (χ1v) is 10.5. The summed E-state index contributed by atoms with van der Waals surface area (Å²) in [6.45, 7) is 7.93. The molecule has 0 aliphatic carbocycles. The summed E-state index contributed by atoms with van der Waals surface area (Å²) >= 11 is 0. The van der Waals surface area contributed by atoms with Crippen LogP contribution >= 0.6 is 0 Å². The number of aromatic nitrogens is 1.